The zero-order valence-electron chi connectivity index (χ0n) is 14.7. The van der Waals surface area contributed by atoms with Gasteiger partial charge < -0.3 is 4.74 Å². The summed E-state index contributed by atoms with van der Waals surface area (Å²) in [6.07, 6.45) is 3.86. The smallest absolute Gasteiger partial charge is 0.319 e. The molecule has 0 bridgehead atoms. The molecule has 0 fully saturated rings. The van der Waals surface area contributed by atoms with Crippen LogP contribution in [0.5, 0.6) is 0 Å². The predicted molar refractivity (Wildman–Crippen MR) is 97.6 cm³/mol. The van der Waals surface area contributed by atoms with Crippen molar-refractivity contribution in [2.24, 2.45) is 11.3 Å². The molecule has 0 aromatic heterocycles. The average Bonchev–Trinajstić information content (AvgIpc) is 2.58. The van der Waals surface area contributed by atoms with E-state index in [1.165, 1.54) is 12.3 Å². The van der Waals surface area contributed by atoms with Crippen molar-refractivity contribution in [3.63, 3.8) is 0 Å². The van der Waals surface area contributed by atoms with Gasteiger partial charge in [-0.1, -0.05) is 55.5 Å². The second kappa shape index (κ2) is 7.43. The number of carbonyl (C=O) groups is 2. The van der Waals surface area contributed by atoms with Gasteiger partial charge >= 0.3 is 5.97 Å². The maximum atomic E-state index is 12.3. The van der Waals surface area contributed by atoms with E-state index in [9.17, 15) is 9.59 Å². The van der Waals surface area contributed by atoms with Gasteiger partial charge in [-0.2, -0.15) is 0 Å². The number of allylic oxidation sites excluding steroid dienone is 1. The highest BCUT2D eigenvalue weighted by Crippen LogP contribution is 2.32. The number of hydrogen-bond acceptors (Lipinski definition) is 3. The SMILES string of the molecule is CCOC(=O)[C@](C)(C(C)=O)[C@H](C)/C=C/c1ccc2ccccc2c1. The number of ketones is 1. The monoisotopic (exact) mass is 324 g/mol. The van der Waals surface area contributed by atoms with Crippen LogP contribution in [-0.2, 0) is 14.3 Å². The van der Waals surface area contributed by atoms with E-state index >= 15 is 0 Å². The van der Waals surface area contributed by atoms with Crippen molar-refractivity contribution in [3.05, 3.63) is 54.1 Å². The summed E-state index contributed by atoms with van der Waals surface area (Å²) in [6, 6.07) is 14.3. The van der Waals surface area contributed by atoms with Crippen molar-refractivity contribution in [1.29, 1.82) is 0 Å². The van der Waals surface area contributed by atoms with Crippen LogP contribution in [0.15, 0.2) is 48.5 Å². The largest absolute Gasteiger partial charge is 0.465 e. The summed E-state index contributed by atoms with van der Waals surface area (Å²) < 4.78 is 5.11. The molecule has 0 saturated heterocycles. The number of ether oxygens (including phenoxy) is 1. The van der Waals surface area contributed by atoms with Gasteiger partial charge in [0.2, 0.25) is 0 Å². The molecule has 0 amide bonds. The zero-order chi connectivity index (χ0) is 17.7. The lowest BCUT2D eigenvalue weighted by molar-refractivity contribution is -0.160. The van der Waals surface area contributed by atoms with Gasteiger partial charge in [-0.05, 0) is 49.1 Å². The van der Waals surface area contributed by atoms with Gasteiger partial charge in [-0.25, -0.2) is 0 Å². The third kappa shape index (κ3) is 3.56. The molecule has 0 radical (unpaired) electrons. The van der Waals surface area contributed by atoms with Crippen LogP contribution in [0, 0.1) is 11.3 Å². The molecule has 2 aromatic carbocycles. The Kier molecular flexibility index (Phi) is 5.55. The summed E-state index contributed by atoms with van der Waals surface area (Å²) in [5.41, 5.74) is -0.126. The first-order valence-corrected chi connectivity index (χ1v) is 8.24. The molecule has 3 heteroatoms. The number of fused-ring (bicyclic) bond motifs is 1. The van der Waals surface area contributed by atoms with Crippen molar-refractivity contribution in [2.75, 3.05) is 6.61 Å². The molecule has 0 N–H and O–H groups in total. The minimum Gasteiger partial charge on any atom is -0.465 e. The van der Waals surface area contributed by atoms with Crippen molar-refractivity contribution < 1.29 is 14.3 Å². The fourth-order valence-electron chi connectivity index (χ4n) is 2.69. The fraction of sp³-hybridized carbons (Fsp3) is 0.333. The molecule has 2 rings (SSSR count). The molecule has 0 unspecified atom stereocenters. The molecule has 0 aliphatic carbocycles. The summed E-state index contributed by atoms with van der Waals surface area (Å²) in [5, 5.41) is 2.34. The Morgan fingerprint density at radius 3 is 2.46 bits per heavy atom. The topological polar surface area (TPSA) is 43.4 Å². The Bertz CT molecular complexity index is 776. The molecule has 0 heterocycles. The quantitative estimate of drug-likeness (QED) is 0.574. The standard InChI is InChI=1S/C21H24O3/c1-5-24-20(23)21(4,16(3)22)15(2)10-11-17-12-13-18-8-6-7-9-19(18)14-17/h6-15H,5H2,1-4H3/b11-10+/t15-,21+/m1/s1. The number of esters is 1. The van der Waals surface area contributed by atoms with Gasteiger partial charge in [0.15, 0.2) is 0 Å². The first-order valence-electron chi connectivity index (χ1n) is 8.24. The maximum Gasteiger partial charge on any atom is 0.319 e. The van der Waals surface area contributed by atoms with Crippen LogP contribution in [0.4, 0.5) is 0 Å². The van der Waals surface area contributed by atoms with Gasteiger partial charge in [0, 0.05) is 0 Å². The Morgan fingerprint density at radius 2 is 1.83 bits per heavy atom. The van der Waals surface area contributed by atoms with E-state index in [0.717, 1.165) is 10.9 Å². The van der Waals surface area contributed by atoms with Gasteiger partial charge in [-0.15, -0.1) is 0 Å². The summed E-state index contributed by atoms with van der Waals surface area (Å²) in [7, 11) is 0. The second-order valence-electron chi connectivity index (χ2n) is 6.23. The average molecular weight is 324 g/mol. The summed E-state index contributed by atoms with van der Waals surface area (Å²) in [4.78, 5) is 24.3. The highest BCUT2D eigenvalue weighted by Gasteiger charge is 2.43. The van der Waals surface area contributed by atoms with Crippen LogP contribution in [0.25, 0.3) is 16.8 Å². The third-order valence-electron chi connectivity index (χ3n) is 4.69. The van der Waals surface area contributed by atoms with E-state index in [2.05, 4.69) is 24.3 Å². The molecule has 2 atom stereocenters. The summed E-state index contributed by atoms with van der Waals surface area (Å²) >= 11 is 0. The minimum absolute atomic E-state index is 0.184. The molecule has 3 nitrogen and oxygen atoms in total. The van der Waals surface area contributed by atoms with Crippen molar-refractivity contribution in [1.82, 2.24) is 0 Å². The molecule has 0 aliphatic rings. The molecule has 0 saturated carbocycles. The van der Waals surface area contributed by atoms with Gasteiger partial charge in [0.25, 0.3) is 0 Å². The number of Topliss-reactive ketones (excluding diaryl/α,β-unsaturated/α-hetero) is 1. The number of carbonyl (C=O) groups excluding carboxylic acids is 2. The Balaban J connectivity index is 2.27. The van der Waals surface area contributed by atoms with E-state index in [0.29, 0.717) is 0 Å². The van der Waals surface area contributed by atoms with Crippen LogP contribution < -0.4 is 0 Å². The highest BCUT2D eigenvalue weighted by atomic mass is 16.5. The Labute approximate surface area is 143 Å². The molecule has 24 heavy (non-hydrogen) atoms. The second-order valence-corrected chi connectivity index (χ2v) is 6.23. The molecular weight excluding hydrogens is 300 g/mol. The maximum absolute atomic E-state index is 12.3. The Hall–Kier alpha value is -2.42. The third-order valence-corrected chi connectivity index (χ3v) is 4.69. The first-order chi connectivity index (χ1) is 11.4. The molecule has 2 aromatic rings. The van der Waals surface area contributed by atoms with Crippen LogP contribution >= 0.6 is 0 Å². The first kappa shape index (κ1) is 17.9. The van der Waals surface area contributed by atoms with Gasteiger partial charge in [-0.3, -0.25) is 9.59 Å². The minimum atomic E-state index is -1.16. The van der Waals surface area contributed by atoms with Gasteiger partial charge in [0.05, 0.1) is 6.61 Å². The van der Waals surface area contributed by atoms with Crippen LogP contribution in [-0.4, -0.2) is 18.4 Å². The van der Waals surface area contributed by atoms with Crippen LogP contribution in [0.1, 0.15) is 33.3 Å². The van der Waals surface area contributed by atoms with Crippen molar-refractivity contribution in [3.8, 4) is 0 Å². The molecule has 0 aliphatic heterocycles. The molecule has 0 spiro atoms. The normalized spacial score (nSPS) is 15.2. The summed E-state index contributed by atoms with van der Waals surface area (Å²) in [5.74, 6) is -0.912. The lowest BCUT2D eigenvalue weighted by Crippen LogP contribution is -2.41. The Morgan fingerprint density at radius 1 is 1.17 bits per heavy atom. The van der Waals surface area contributed by atoms with E-state index < -0.39 is 11.4 Å². The zero-order valence-corrected chi connectivity index (χ0v) is 14.7. The predicted octanol–water partition coefficient (Wildman–Crippen LogP) is 4.65. The van der Waals surface area contributed by atoms with Crippen LogP contribution in [0.2, 0.25) is 0 Å². The number of hydrogen-bond donors (Lipinski definition) is 0. The van der Waals surface area contributed by atoms with Gasteiger partial charge in [0.1, 0.15) is 11.2 Å². The van der Waals surface area contributed by atoms with E-state index in [1.807, 2.05) is 37.3 Å². The number of rotatable bonds is 6. The highest BCUT2D eigenvalue weighted by molar-refractivity contribution is 6.03. The molecular formula is C21H24O3. The summed E-state index contributed by atoms with van der Waals surface area (Å²) in [6.45, 7) is 6.98. The van der Waals surface area contributed by atoms with Crippen molar-refractivity contribution >= 4 is 28.6 Å². The fourth-order valence-corrected chi connectivity index (χ4v) is 2.69. The van der Waals surface area contributed by atoms with E-state index in [-0.39, 0.29) is 18.3 Å². The number of benzene rings is 2. The van der Waals surface area contributed by atoms with E-state index in [4.69, 9.17) is 4.74 Å². The lowest BCUT2D eigenvalue weighted by Gasteiger charge is -2.28. The van der Waals surface area contributed by atoms with Crippen molar-refractivity contribution in [2.45, 2.75) is 27.7 Å². The van der Waals surface area contributed by atoms with E-state index in [1.54, 1.807) is 13.8 Å². The van der Waals surface area contributed by atoms with Crippen LogP contribution in [0.3, 0.4) is 0 Å². The molecule has 126 valence electrons. The lowest BCUT2D eigenvalue weighted by atomic mass is 9.74.